The number of hydrogen-bond acceptors (Lipinski definition) is 4. The van der Waals surface area contributed by atoms with Crippen molar-refractivity contribution in [3.05, 3.63) is 29.8 Å². The van der Waals surface area contributed by atoms with Crippen molar-refractivity contribution in [3.8, 4) is 5.75 Å². The number of halogens is 1. The molecule has 1 unspecified atom stereocenters. The molecule has 1 aromatic rings. The number of nitrogens with two attached hydrogens (primary N) is 1. The normalized spacial score (nSPS) is 18.2. The summed E-state index contributed by atoms with van der Waals surface area (Å²) in [5.74, 6) is -1.04. The van der Waals surface area contributed by atoms with Crippen LogP contribution in [-0.4, -0.2) is 23.1 Å². The molecule has 0 heterocycles. The molecule has 1 aliphatic carbocycles. The smallest absolute Gasteiger partial charge is 0.328 e. The van der Waals surface area contributed by atoms with Crippen LogP contribution in [0.1, 0.15) is 44.1 Å². The second-order valence-corrected chi connectivity index (χ2v) is 6.73. The highest BCUT2D eigenvalue weighted by Crippen LogP contribution is 2.42. The summed E-state index contributed by atoms with van der Waals surface area (Å²) in [6.07, 6.45) is 4.05. The van der Waals surface area contributed by atoms with Gasteiger partial charge in [-0.2, -0.15) is 0 Å². The number of carbonyl (C=O) groups excluding carboxylic acids is 1. The zero-order chi connectivity index (χ0) is 16.9. The molecule has 0 aromatic heterocycles. The van der Waals surface area contributed by atoms with Crippen LogP contribution in [0, 0.1) is 5.41 Å². The van der Waals surface area contributed by atoms with Crippen molar-refractivity contribution in [2.75, 3.05) is 0 Å². The number of carboxylic acids is 1. The molecule has 5 nitrogen and oxygen atoms in total. The number of carbonyl (C=O) groups is 2. The quantitative estimate of drug-likeness (QED) is 0.447. The van der Waals surface area contributed by atoms with Crippen molar-refractivity contribution in [2.24, 2.45) is 11.1 Å². The number of benzene rings is 1. The SMILES string of the molecule is NC(C(=O)Oc1cccc(CBr)c1)C1(CC(=O)O)CCCCC1. The monoisotopic (exact) mass is 383 g/mol. The van der Waals surface area contributed by atoms with E-state index in [9.17, 15) is 14.7 Å². The molecule has 23 heavy (non-hydrogen) atoms. The van der Waals surface area contributed by atoms with Gasteiger partial charge in [0.2, 0.25) is 0 Å². The number of alkyl halides is 1. The lowest BCUT2D eigenvalue weighted by Crippen LogP contribution is -2.51. The molecule has 1 fully saturated rings. The Morgan fingerprint density at radius 3 is 2.61 bits per heavy atom. The van der Waals surface area contributed by atoms with Gasteiger partial charge in [-0.15, -0.1) is 0 Å². The summed E-state index contributed by atoms with van der Waals surface area (Å²) < 4.78 is 5.40. The maximum atomic E-state index is 12.4. The molecule has 0 spiro atoms. The lowest BCUT2D eigenvalue weighted by atomic mass is 9.67. The molecule has 0 radical (unpaired) electrons. The second-order valence-electron chi connectivity index (χ2n) is 6.17. The minimum Gasteiger partial charge on any atom is -0.481 e. The van der Waals surface area contributed by atoms with Crippen LogP contribution in [0.25, 0.3) is 0 Å². The summed E-state index contributed by atoms with van der Waals surface area (Å²) in [5.41, 5.74) is 6.43. The van der Waals surface area contributed by atoms with Crippen molar-refractivity contribution in [1.82, 2.24) is 0 Å². The highest BCUT2D eigenvalue weighted by atomic mass is 79.9. The molecule has 0 bridgehead atoms. The van der Waals surface area contributed by atoms with Crippen LogP contribution in [0.15, 0.2) is 24.3 Å². The summed E-state index contributed by atoms with van der Waals surface area (Å²) in [5, 5.41) is 9.87. The first-order valence-electron chi connectivity index (χ1n) is 7.81. The minimum atomic E-state index is -0.925. The average Bonchev–Trinajstić information content (AvgIpc) is 2.54. The highest BCUT2D eigenvalue weighted by Gasteiger charge is 2.44. The standard InChI is InChI=1S/C17H22BrNO4/c18-11-12-5-4-6-13(9-12)23-16(22)15(19)17(10-14(20)21)7-2-1-3-8-17/h4-6,9,15H,1-3,7-8,10-11,19H2,(H,20,21). The van der Waals surface area contributed by atoms with Crippen molar-refractivity contribution in [2.45, 2.75) is 49.9 Å². The highest BCUT2D eigenvalue weighted by molar-refractivity contribution is 9.08. The molecule has 0 amide bonds. The average molecular weight is 384 g/mol. The Kier molecular flexibility index (Phi) is 6.18. The largest absolute Gasteiger partial charge is 0.481 e. The molecule has 1 aromatic carbocycles. The van der Waals surface area contributed by atoms with E-state index in [-0.39, 0.29) is 6.42 Å². The second kappa shape index (κ2) is 7.93. The molecule has 6 heteroatoms. The van der Waals surface area contributed by atoms with Crippen LogP contribution in [0.5, 0.6) is 5.75 Å². The molecular weight excluding hydrogens is 362 g/mol. The van der Waals surface area contributed by atoms with Crippen LogP contribution in [-0.2, 0) is 14.9 Å². The Morgan fingerprint density at radius 1 is 1.30 bits per heavy atom. The van der Waals surface area contributed by atoms with Gasteiger partial charge in [-0.1, -0.05) is 47.3 Å². The molecular formula is C17H22BrNO4. The predicted octanol–water partition coefficient (Wildman–Crippen LogP) is 3.24. The molecule has 1 saturated carbocycles. The number of hydrogen-bond donors (Lipinski definition) is 2. The number of rotatable bonds is 6. The van der Waals surface area contributed by atoms with Gasteiger partial charge in [-0.25, -0.2) is 4.79 Å². The third-order valence-corrected chi connectivity index (χ3v) is 5.18. The molecule has 126 valence electrons. The van der Waals surface area contributed by atoms with E-state index >= 15 is 0 Å². The molecule has 0 saturated heterocycles. The Labute approximate surface area is 144 Å². The summed E-state index contributed by atoms with van der Waals surface area (Å²) in [7, 11) is 0. The number of esters is 1. The van der Waals surface area contributed by atoms with E-state index in [1.54, 1.807) is 18.2 Å². The third-order valence-electron chi connectivity index (χ3n) is 4.54. The number of aliphatic carboxylic acids is 1. The first-order valence-corrected chi connectivity index (χ1v) is 8.93. The molecule has 1 atom stereocenters. The molecule has 1 aliphatic rings. The van der Waals surface area contributed by atoms with Crippen LogP contribution < -0.4 is 10.5 Å². The molecule has 0 aliphatic heterocycles. The van der Waals surface area contributed by atoms with Crippen molar-refractivity contribution in [1.29, 1.82) is 0 Å². The topological polar surface area (TPSA) is 89.6 Å². The van der Waals surface area contributed by atoms with E-state index in [0.717, 1.165) is 24.8 Å². The summed E-state index contributed by atoms with van der Waals surface area (Å²) in [4.78, 5) is 23.7. The Balaban J connectivity index is 2.13. The van der Waals surface area contributed by atoms with E-state index in [0.29, 0.717) is 23.9 Å². The van der Waals surface area contributed by atoms with Crippen molar-refractivity contribution < 1.29 is 19.4 Å². The maximum absolute atomic E-state index is 12.4. The van der Waals surface area contributed by atoms with Crippen molar-refractivity contribution >= 4 is 27.9 Å². The zero-order valence-corrected chi connectivity index (χ0v) is 14.5. The van der Waals surface area contributed by atoms with E-state index in [2.05, 4.69) is 15.9 Å². The van der Waals surface area contributed by atoms with Crippen LogP contribution in [0.3, 0.4) is 0 Å². The van der Waals surface area contributed by atoms with E-state index in [4.69, 9.17) is 10.5 Å². The van der Waals surface area contributed by atoms with Gasteiger partial charge in [0, 0.05) is 10.7 Å². The third kappa shape index (κ3) is 4.54. The Morgan fingerprint density at radius 2 is 2.00 bits per heavy atom. The van der Waals surface area contributed by atoms with Crippen LogP contribution >= 0.6 is 15.9 Å². The van der Waals surface area contributed by atoms with Gasteiger partial charge in [-0.3, -0.25) is 4.79 Å². The lowest BCUT2D eigenvalue weighted by molar-refractivity contribution is -0.145. The fourth-order valence-corrected chi connectivity index (χ4v) is 3.63. The van der Waals surface area contributed by atoms with Gasteiger partial charge in [0.1, 0.15) is 11.8 Å². The van der Waals surface area contributed by atoms with Crippen LogP contribution in [0.4, 0.5) is 0 Å². The van der Waals surface area contributed by atoms with E-state index in [1.807, 2.05) is 6.07 Å². The first kappa shape index (κ1) is 17.9. The fraction of sp³-hybridized carbons (Fsp3) is 0.529. The molecule has 3 N–H and O–H groups in total. The van der Waals surface area contributed by atoms with Gasteiger partial charge in [0.05, 0.1) is 6.42 Å². The van der Waals surface area contributed by atoms with Gasteiger partial charge >= 0.3 is 11.9 Å². The predicted molar refractivity (Wildman–Crippen MR) is 90.5 cm³/mol. The number of carboxylic acid groups (broad SMARTS) is 1. The zero-order valence-electron chi connectivity index (χ0n) is 13.0. The van der Waals surface area contributed by atoms with Gasteiger partial charge in [-0.05, 0) is 30.5 Å². The number of ether oxygens (including phenoxy) is 1. The van der Waals surface area contributed by atoms with Gasteiger partial charge in [0.25, 0.3) is 0 Å². The maximum Gasteiger partial charge on any atom is 0.328 e. The lowest BCUT2D eigenvalue weighted by Gasteiger charge is -2.39. The first-order chi connectivity index (χ1) is 11.0. The minimum absolute atomic E-state index is 0.0926. The summed E-state index contributed by atoms with van der Waals surface area (Å²) in [6, 6.07) is 6.26. The van der Waals surface area contributed by atoms with Crippen molar-refractivity contribution in [3.63, 3.8) is 0 Å². The fourth-order valence-electron chi connectivity index (χ4n) is 3.28. The molecule has 2 rings (SSSR count). The van der Waals surface area contributed by atoms with E-state index < -0.39 is 23.4 Å². The van der Waals surface area contributed by atoms with Gasteiger partial charge in [0.15, 0.2) is 0 Å². The summed E-state index contributed by atoms with van der Waals surface area (Å²) >= 11 is 3.35. The Bertz CT molecular complexity index is 569. The summed E-state index contributed by atoms with van der Waals surface area (Å²) in [6.45, 7) is 0. The van der Waals surface area contributed by atoms with E-state index in [1.165, 1.54) is 0 Å². The van der Waals surface area contributed by atoms with Gasteiger partial charge < -0.3 is 15.6 Å². The van der Waals surface area contributed by atoms with Crippen LogP contribution in [0.2, 0.25) is 0 Å². The Hall–Kier alpha value is -1.40.